The highest BCUT2D eigenvalue weighted by molar-refractivity contribution is 6.00. The first-order valence-electron chi connectivity index (χ1n) is 6.16. The summed E-state index contributed by atoms with van der Waals surface area (Å²) in [5.41, 5.74) is 7.79. The van der Waals surface area contributed by atoms with E-state index in [0.717, 1.165) is 25.1 Å². The molecule has 1 amide bonds. The summed E-state index contributed by atoms with van der Waals surface area (Å²) in [6.07, 6.45) is 2.08. The Morgan fingerprint density at radius 1 is 1.50 bits per heavy atom. The Kier molecular flexibility index (Phi) is 4.04. The lowest BCUT2D eigenvalue weighted by Crippen LogP contribution is -2.31. The fourth-order valence-corrected chi connectivity index (χ4v) is 2.09. The molecule has 1 aliphatic heterocycles. The number of anilines is 2. The number of nitrogens with two attached hydrogens (primary N) is 1. The third-order valence-electron chi connectivity index (χ3n) is 3.04. The molecule has 5 nitrogen and oxygen atoms in total. The third-order valence-corrected chi connectivity index (χ3v) is 3.04. The van der Waals surface area contributed by atoms with Crippen LogP contribution in [-0.4, -0.2) is 32.2 Å². The number of amides is 1. The van der Waals surface area contributed by atoms with Crippen LogP contribution in [0.1, 0.15) is 23.2 Å². The molecular weight excluding hydrogens is 230 g/mol. The van der Waals surface area contributed by atoms with E-state index in [-0.39, 0.29) is 11.9 Å². The zero-order valence-electron chi connectivity index (χ0n) is 10.5. The van der Waals surface area contributed by atoms with E-state index in [2.05, 4.69) is 10.6 Å². The van der Waals surface area contributed by atoms with Crippen LogP contribution in [0.3, 0.4) is 0 Å². The summed E-state index contributed by atoms with van der Waals surface area (Å²) in [7, 11) is 1.62. The third kappa shape index (κ3) is 2.92. The van der Waals surface area contributed by atoms with Gasteiger partial charge in [-0.1, -0.05) is 0 Å². The van der Waals surface area contributed by atoms with E-state index in [1.165, 1.54) is 0 Å². The Labute approximate surface area is 107 Å². The molecule has 1 unspecified atom stereocenters. The molecule has 1 saturated heterocycles. The Morgan fingerprint density at radius 2 is 2.33 bits per heavy atom. The largest absolute Gasteiger partial charge is 0.399 e. The molecule has 1 atom stereocenters. The van der Waals surface area contributed by atoms with Crippen LogP contribution < -0.4 is 16.4 Å². The molecule has 1 fully saturated rings. The van der Waals surface area contributed by atoms with E-state index < -0.39 is 0 Å². The van der Waals surface area contributed by atoms with Gasteiger partial charge in [-0.15, -0.1) is 0 Å². The van der Waals surface area contributed by atoms with Gasteiger partial charge >= 0.3 is 0 Å². The van der Waals surface area contributed by atoms with Crippen LogP contribution >= 0.6 is 0 Å². The van der Waals surface area contributed by atoms with E-state index in [1.54, 1.807) is 25.2 Å². The second kappa shape index (κ2) is 5.73. The molecule has 1 aliphatic rings. The van der Waals surface area contributed by atoms with Crippen molar-refractivity contribution >= 4 is 17.3 Å². The average molecular weight is 249 g/mol. The van der Waals surface area contributed by atoms with Gasteiger partial charge in [0.1, 0.15) is 0 Å². The summed E-state index contributed by atoms with van der Waals surface area (Å²) in [4.78, 5) is 11.8. The van der Waals surface area contributed by atoms with E-state index in [1.807, 2.05) is 0 Å². The van der Waals surface area contributed by atoms with Crippen LogP contribution in [0.2, 0.25) is 0 Å². The minimum atomic E-state index is -0.116. The predicted octanol–water partition coefficient (Wildman–Crippen LogP) is 1.22. The molecular formula is C13H19N3O2. The van der Waals surface area contributed by atoms with E-state index >= 15 is 0 Å². The highest BCUT2D eigenvalue weighted by Gasteiger charge is 2.17. The van der Waals surface area contributed by atoms with Gasteiger partial charge in [-0.25, -0.2) is 0 Å². The number of carbonyl (C=O) groups is 1. The number of carbonyl (C=O) groups excluding carboxylic acids is 1. The summed E-state index contributed by atoms with van der Waals surface area (Å²) in [6.45, 7) is 1.49. The summed E-state index contributed by atoms with van der Waals surface area (Å²) < 4.78 is 5.42. The average Bonchev–Trinajstić information content (AvgIpc) is 2.39. The Morgan fingerprint density at radius 3 is 3.00 bits per heavy atom. The highest BCUT2D eigenvalue weighted by Crippen LogP contribution is 2.22. The van der Waals surface area contributed by atoms with Crippen LogP contribution in [0.15, 0.2) is 18.2 Å². The van der Waals surface area contributed by atoms with Crippen molar-refractivity contribution in [2.24, 2.45) is 0 Å². The second-order valence-corrected chi connectivity index (χ2v) is 4.44. The molecule has 2 rings (SSSR count). The summed E-state index contributed by atoms with van der Waals surface area (Å²) in [6, 6.07) is 5.50. The van der Waals surface area contributed by atoms with E-state index in [0.29, 0.717) is 17.9 Å². The van der Waals surface area contributed by atoms with Crippen molar-refractivity contribution in [1.29, 1.82) is 0 Å². The van der Waals surface area contributed by atoms with Gasteiger partial charge in [0.2, 0.25) is 0 Å². The molecule has 18 heavy (non-hydrogen) atoms. The van der Waals surface area contributed by atoms with Gasteiger partial charge in [0.05, 0.1) is 12.2 Å². The quantitative estimate of drug-likeness (QED) is 0.704. The summed E-state index contributed by atoms with van der Waals surface area (Å²) in [5.74, 6) is -0.116. The van der Waals surface area contributed by atoms with Gasteiger partial charge in [0.15, 0.2) is 0 Å². The zero-order valence-corrected chi connectivity index (χ0v) is 10.5. The Bertz CT molecular complexity index is 428. The molecule has 0 spiro atoms. The molecule has 98 valence electrons. The number of hydrogen-bond donors (Lipinski definition) is 3. The minimum absolute atomic E-state index is 0.116. The lowest BCUT2D eigenvalue weighted by molar-refractivity contribution is 0.0874. The predicted molar refractivity (Wildman–Crippen MR) is 71.7 cm³/mol. The van der Waals surface area contributed by atoms with Crippen molar-refractivity contribution in [2.45, 2.75) is 18.9 Å². The van der Waals surface area contributed by atoms with Gasteiger partial charge < -0.3 is 21.1 Å². The van der Waals surface area contributed by atoms with Crippen LogP contribution in [0.25, 0.3) is 0 Å². The summed E-state index contributed by atoms with van der Waals surface area (Å²) >= 11 is 0. The van der Waals surface area contributed by atoms with Gasteiger partial charge in [-0.3, -0.25) is 4.79 Å². The minimum Gasteiger partial charge on any atom is -0.399 e. The molecule has 4 N–H and O–H groups in total. The van der Waals surface area contributed by atoms with Crippen LogP contribution in [0.5, 0.6) is 0 Å². The number of hydrogen-bond acceptors (Lipinski definition) is 4. The fourth-order valence-electron chi connectivity index (χ4n) is 2.09. The van der Waals surface area contributed by atoms with Crippen molar-refractivity contribution < 1.29 is 9.53 Å². The summed E-state index contributed by atoms with van der Waals surface area (Å²) in [5, 5.41) is 5.97. The van der Waals surface area contributed by atoms with Crippen LogP contribution in [-0.2, 0) is 4.74 Å². The molecule has 0 bridgehead atoms. The molecule has 0 aromatic heterocycles. The molecule has 1 aromatic carbocycles. The molecule has 1 aromatic rings. The van der Waals surface area contributed by atoms with E-state index in [4.69, 9.17) is 10.5 Å². The zero-order chi connectivity index (χ0) is 13.0. The molecule has 0 radical (unpaired) electrons. The van der Waals surface area contributed by atoms with Gasteiger partial charge in [0, 0.05) is 31.1 Å². The first kappa shape index (κ1) is 12.7. The number of nitrogens with one attached hydrogen (secondary N) is 2. The van der Waals surface area contributed by atoms with Crippen molar-refractivity contribution in [1.82, 2.24) is 5.32 Å². The lowest BCUT2D eigenvalue weighted by atomic mass is 10.1. The normalized spacial score (nSPS) is 19.3. The number of rotatable bonds is 3. The smallest absolute Gasteiger partial charge is 0.253 e. The van der Waals surface area contributed by atoms with E-state index in [9.17, 15) is 4.79 Å². The highest BCUT2D eigenvalue weighted by atomic mass is 16.5. The van der Waals surface area contributed by atoms with Crippen molar-refractivity contribution in [3.05, 3.63) is 23.8 Å². The first-order chi connectivity index (χ1) is 8.70. The maximum absolute atomic E-state index is 11.8. The Balaban J connectivity index is 2.18. The molecule has 5 heteroatoms. The first-order valence-corrected chi connectivity index (χ1v) is 6.16. The molecule has 1 heterocycles. The maximum Gasteiger partial charge on any atom is 0.253 e. The number of ether oxygens (including phenoxy) is 1. The Hall–Kier alpha value is -1.75. The lowest BCUT2D eigenvalue weighted by Gasteiger charge is -2.25. The van der Waals surface area contributed by atoms with Gasteiger partial charge in [0.25, 0.3) is 5.91 Å². The monoisotopic (exact) mass is 249 g/mol. The van der Waals surface area contributed by atoms with Gasteiger partial charge in [-0.2, -0.15) is 0 Å². The van der Waals surface area contributed by atoms with Crippen molar-refractivity contribution in [3.63, 3.8) is 0 Å². The van der Waals surface area contributed by atoms with Crippen molar-refractivity contribution in [3.8, 4) is 0 Å². The van der Waals surface area contributed by atoms with Crippen molar-refractivity contribution in [2.75, 3.05) is 31.3 Å². The molecule has 0 saturated carbocycles. The van der Waals surface area contributed by atoms with Crippen LogP contribution in [0, 0.1) is 0 Å². The standard InChI is InChI=1S/C13H19N3O2/c1-15-13(17)11-5-4-9(14)7-12(11)16-10-3-2-6-18-8-10/h4-5,7,10,16H,2-3,6,8,14H2,1H3,(H,15,17). The SMILES string of the molecule is CNC(=O)c1ccc(N)cc1NC1CCCOC1. The topological polar surface area (TPSA) is 76.4 Å². The fraction of sp³-hybridized carbons (Fsp3) is 0.462. The number of nitrogen functional groups attached to an aromatic ring is 1. The molecule has 0 aliphatic carbocycles. The maximum atomic E-state index is 11.8. The second-order valence-electron chi connectivity index (χ2n) is 4.44. The van der Waals surface area contributed by atoms with Gasteiger partial charge in [-0.05, 0) is 31.0 Å². The van der Waals surface area contributed by atoms with Crippen LogP contribution in [0.4, 0.5) is 11.4 Å². The number of benzene rings is 1.